The van der Waals surface area contributed by atoms with Crippen LogP contribution in [0.4, 0.5) is 4.39 Å². The molecule has 1 fully saturated rings. The minimum Gasteiger partial charge on any atom is -0.493 e. The van der Waals surface area contributed by atoms with Gasteiger partial charge in [-0.05, 0) is 41.8 Å². The van der Waals surface area contributed by atoms with Gasteiger partial charge in [-0.3, -0.25) is 9.59 Å². The van der Waals surface area contributed by atoms with Crippen molar-refractivity contribution in [2.75, 3.05) is 27.3 Å². The van der Waals surface area contributed by atoms with E-state index < -0.39 is 11.6 Å². The number of hydrogen-bond donors (Lipinski definition) is 1. The summed E-state index contributed by atoms with van der Waals surface area (Å²) in [5.74, 6) is -0.154. The molecule has 2 heterocycles. The van der Waals surface area contributed by atoms with E-state index in [2.05, 4.69) is 5.32 Å². The van der Waals surface area contributed by atoms with Crippen molar-refractivity contribution in [1.29, 1.82) is 0 Å². The lowest BCUT2D eigenvalue weighted by Crippen LogP contribution is -2.51. The average molecular weight is 396 g/mol. The Morgan fingerprint density at radius 3 is 2.66 bits per heavy atom. The highest BCUT2D eigenvalue weighted by molar-refractivity contribution is 6.09. The monoisotopic (exact) mass is 396 g/mol. The van der Waals surface area contributed by atoms with E-state index in [1.54, 1.807) is 25.2 Å². The van der Waals surface area contributed by atoms with Crippen LogP contribution < -0.4 is 14.8 Å². The average Bonchev–Trinajstić information content (AvgIpc) is 2.74. The van der Waals surface area contributed by atoms with Gasteiger partial charge in [0.1, 0.15) is 11.5 Å². The SMILES string of the molecule is COc1cc2c(cc1OC)C1CN/C(=C\C(=O)c3ccccc3F)C(=O)N1CC2. The fourth-order valence-corrected chi connectivity index (χ4v) is 3.91. The first-order valence-electron chi connectivity index (χ1n) is 9.33. The second-order valence-electron chi connectivity index (χ2n) is 6.95. The van der Waals surface area contributed by atoms with E-state index in [9.17, 15) is 14.0 Å². The lowest BCUT2D eigenvalue weighted by atomic mass is 9.90. The van der Waals surface area contributed by atoms with E-state index in [4.69, 9.17) is 9.47 Å². The summed E-state index contributed by atoms with van der Waals surface area (Å²) < 4.78 is 24.6. The summed E-state index contributed by atoms with van der Waals surface area (Å²) in [7, 11) is 3.17. The van der Waals surface area contributed by atoms with Crippen molar-refractivity contribution < 1.29 is 23.5 Å². The number of rotatable bonds is 4. The van der Waals surface area contributed by atoms with Crippen LogP contribution in [0.2, 0.25) is 0 Å². The van der Waals surface area contributed by atoms with Crippen LogP contribution in [0.5, 0.6) is 11.5 Å². The Balaban J connectivity index is 1.62. The van der Waals surface area contributed by atoms with Gasteiger partial charge >= 0.3 is 0 Å². The summed E-state index contributed by atoms with van der Waals surface area (Å²) in [4.78, 5) is 27.2. The summed E-state index contributed by atoms with van der Waals surface area (Å²) in [6, 6.07) is 9.41. The molecule has 1 amide bonds. The highest BCUT2D eigenvalue weighted by atomic mass is 19.1. The van der Waals surface area contributed by atoms with E-state index in [0.29, 0.717) is 31.0 Å². The molecule has 2 aromatic carbocycles. The summed E-state index contributed by atoms with van der Waals surface area (Å²) >= 11 is 0. The summed E-state index contributed by atoms with van der Waals surface area (Å²) in [6.07, 6.45) is 1.85. The van der Waals surface area contributed by atoms with Gasteiger partial charge in [-0.25, -0.2) is 4.39 Å². The Bertz CT molecular complexity index is 1020. The number of carbonyl (C=O) groups excluding carboxylic acids is 2. The minimum atomic E-state index is -0.608. The Morgan fingerprint density at radius 2 is 1.93 bits per heavy atom. The third-order valence-corrected chi connectivity index (χ3v) is 5.39. The number of piperazine rings is 1. The summed E-state index contributed by atoms with van der Waals surface area (Å²) in [5, 5.41) is 3.05. The molecule has 2 aliphatic heterocycles. The van der Waals surface area contributed by atoms with Gasteiger partial charge in [0.15, 0.2) is 17.3 Å². The summed E-state index contributed by atoms with van der Waals surface area (Å²) in [5.41, 5.74) is 2.22. The van der Waals surface area contributed by atoms with E-state index in [-0.39, 0.29) is 23.2 Å². The molecule has 0 aromatic heterocycles. The van der Waals surface area contributed by atoms with Gasteiger partial charge in [0, 0.05) is 19.2 Å². The molecule has 7 heteroatoms. The highest BCUT2D eigenvalue weighted by Crippen LogP contribution is 2.39. The lowest BCUT2D eigenvalue weighted by molar-refractivity contribution is -0.132. The number of amides is 1. The van der Waals surface area contributed by atoms with Crippen LogP contribution in [0.25, 0.3) is 0 Å². The molecule has 1 N–H and O–H groups in total. The number of methoxy groups -OCH3 is 2. The van der Waals surface area contributed by atoms with Crippen molar-refractivity contribution in [2.45, 2.75) is 12.5 Å². The molecule has 150 valence electrons. The van der Waals surface area contributed by atoms with Crippen LogP contribution in [0.3, 0.4) is 0 Å². The molecule has 0 bridgehead atoms. The van der Waals surface area contributed by atoms with Gasteiger partial charge in [-0.2, -0.15) is 0 Å². The van der Waals surface area contributed by atoms with Gasteiger partial charge in [0.05, 0.1) is 25.8 Å². The Morgan fingerprint density at radius 1 is 1.21 bits per heavy atom. The molecular formula is C22H21FN2O4. The van der Waals surface area contributed by atoms with Gasteiger partial charge in [0.2, 0.25) is 0 Å². The molecule has 1 unspecified atom stereocenters. The molecule has 1 saturated heterocycles. The van der Waals surface area contributed by atoms with Gasteiger partial charge in [0.25, 0.3) is 5.91 Å². The Labute approximate surface area is 167 Å². The van der Waals surface area contributed by atoms with E-state index in [1.165, 1.54) is 24.3 Å². The largest absolute Gasteiger partial charge is 0.493 e. The molecule has 4 rings (SSSR count). The van der Waals surface area contributed by atoms with Crippen LogP contribution >= 0.6 is 0 Å². The first-order valence-corrected chi connectivity index (χ1v) is 9.33. The van der Waals surface area contributed by atoms with Crippen molar-refractivity contribution in [3.63, 3.8) is 0 Å². The first-order chi connectivity index (χ1) is 14.0. The van der Waals surface area contributed by atoms with Crippen molar-refractivity contribution in [3.05, 3.63) is 70.7 Å². The quantitative estimate of drug-likeness (QED) is 0.636. The third kappa shape index (κ3) is 3.33. The number of fused-ring (bicyclic) bond motifs is 3. The van der Waals surface area contributed by atoms with Crippen molar-refractivity contribution in [2.24, 2.45) is 0 Å². The molecule has 29 heavy (non-hydrogen) atoms. The number of ether oxygens (including phenoxy) is 2. The molecule has 0 radical (unpaired) electrons. The predicted molar refractivity (Wildman–Crippen MR) is 105 cm³/mol. The smallest absolute Gasteiger partial charge is 0.270 e. The summed E-state index contributed by atoms with van der Waals surface area (Å²) in [6.45, 7) is 0.976. The number of allylic oxidation sites excluding steroid dienone is 1. The molecule has 2 aliphatic rings. The molecule has 6 nitrogen and oxygen atoms in total. The topological polar surface area (TPSA) is 67.9 Å². The van der Waals surface area contributed by atoms with Crippen LogP contribution in [0, 0.1) is 5.82 Å². The van der Waals surface area contributed by atoms with Crippen molar-refractivity contribution in [1.82, 2.24) is 10.2 Å². The number of benzene rings is 2. The zero-order chi connectivity index (χ0) is 20.5. The number of carbonyl (C=O) groups is 2. The normalized spacial score (nSPS) is 19.3. The third-order valence-electron chi connectivity index (χ3n) is 5.39. The molecule has 0 saturated carbocycles. The highest BCUT2D eigenvalue weighted by Gasteiger charge is 2.37. The minimum absolute atomic E-state index is 0.0578. The first kappa shape index (κ1) is 19.0. The van der Waals surface area contributed by atoms with Crippen LogP contribution in [-0.2, 0) is 11.2 Å². The fourth-order valence-electron chi connectivity index (χ4n) is 3.91. The van der Waals surface area contributed by atoms with E-state index in [0.717, 1.165) is 11.1 Å². The zero-order valence-corrected chi connectivity index (χ0v) is 16.2. The second-order valence-corrected chi connectivity index (χ2v) is 6.95. The van der Waals surface area contributed by atoms with Crippen molar-refractivity contribution in [3.8, 4) is 11.5 Å². The lowest BCUT2D eigenvalue weighted by Gasteiger charge is -2.42. The maximum absolute atomic E-state index is 13.9. The zero-order valence-electron chi connectivity index (χ0n) is 16.2. The Kier molecular flexibility index (Phi) is 4.96. The van der Waals surface area contributed by atoms with Crippen LogP contribution in [0.1, 0.15) is 27.5 Å². The predicted octanol–water partition coefficient (Wildman–Crippen LogP) is 2.64. The van der Waals surface area contributed by atoms with Crippen LogP contribution in [0.15, 0.2) is 48.2 Å². The Hall–Kier alpha value is -3.35. The van der Waals surface area contributed by atoms with E-state index >= 15 is 0 Å². The number of nitrogens with zero attached hydrogens (tertiary/aromatic N) is 1. The van der Waals surface area contributed by atoms with E-state index in [1.807, 2.05) is 12.1 Å². The van der Waals surface area contributed by atoms with Gasteiger partial charge < -0.3 is 19.7 Å². The fraction of sp³-hybridized carbons (Fsp3) is 0.273. The van der Waals surface area contributed by atoms with Crippen LogP contribution in [-0.4, -0.2) is 43.9 Å². The maximum atomic E-state index is 13.9. The van der Waals surface area contributed by atoms with Gasteiger partial charge in [-0.15, -0.1) is 0 Å². The number of ketones is 1. The molecule has 1 atom stereocenters. The van der Waals surface area contributed by atoms with Gasteiger partial charge in [-0.1, -0.05) is 12.1 Å². The standard InChI is InChI=1S/C22H21FN2O4/c1-28-20-9-13-7-8-25-18(15(13)10-21(20)29-2)12-24-17(22(25)27)11-19(26)14-5-3-4-6-16(14)23/h3-6,9-11,18,24H,7-8,12H2,1-2H3/b17-11-. The second kappa shape index (κ2) is 7.58. The molecular weight excluding hydrogens is 375 g/mol. The number of halogens is 1. The number of nitrogens with one attached hydrogen (secondary N) is 1. The van der Waals surface area contributed by atoms with Crippen molar-refractivity contribution >= 4 is 11.7 Å². The number of hydrogen-bond acceptors (Lipinski definition) is 5. The molecule has 2 aromatic rings. The molecule has 0 aliphatic carbocycles. The molecule has 0 spiro atoms. The maximum Gasteiger partial charge on any atom is 0.270 e.